The van der Waals surface area contributed by atoms with Gasteiger partial charge in [-0.25, -0.2) is 4.39 Å². The van der Waals surface area contributed by atoms with Gasteiger partial charge in [0.05, 0.1) is 28.9 Å². The summed E-state index contributed by atoms with van der Waals surface area (Å²) in [5.41, 5.74) is 0.0813. The van der Waals surface area contributed by atoms with Gasteiger partial charge in [-0.1, -0.05) is 17.7 Å². The molecule has 0 saturated carbocycles. The lowest BCUT2D eigenvalue weighted by Crippen LogP contribution is -2.13. The van der Waals surface area contributed by atoms with Crippen LogP contribution in [0.25, 0.3) is 0 Å². The Hall–Kier alpha value is -2.40. The second-order valence-corrected chi connectivity index (χ2v) is 4.93. The van der Waals surface area contributed by atoms with Crippen LogP contribution in [0.4, 0.5) is 10.1 Å². The summed E-state index contributed by atoms with van der Waals surface area (Å²) in [5, 5.41) is 2.64. The monoisotopic (exact) mass is 321 g/mol. The molecule has 0 fully saturated rings. The molecule has 6 heteroatoms. The first-order valence-corrected chi connectivity index (χ1v) is 6.76. The van der Waals surface area contributed by atoms with Crippen molar-refractivity contribution in [3.8, 4) is 5.75 Å². The maximum atomic E-state index is 14.0. The zero-order chi connectivity index (χ0) is 16.3. The van der Waals surface area contributed by atoms with E-state index in [1.807, 2.05) is 0 Å². The van der Waals surface area contributed by atoms with Crippen LogP contribution in [0.1, 0.15) is 22.8 Å². The highest BCUT2D eigenvalue weighted by molar-refractivity contribution is 6.36. The summed E-state index contributed by atoms with van der Waals surface area (Å²) in [5.74, 6) is -1.34. The lowest BCUT2D eigenvalue weighted by atomic mass is 10.0. The van der Waals surface area contributed by atoms with E-state index in [1.54, 1.807) is 6.07 Å². The zero-order valence-corrected chi connectivity index (χ0v) is 12.7. The van der Waals surface area contributed by atoms with Crippen LogP contribution >= 0.6 is 11.6 Å². The van der Waals surface area contributed by atoms with Gasteiger partial charge in [-0.2, -0.15) is 0 Å². The number of amides is 1. The third kappa shape index (κ3) is 3.26. The van der Waals surface area contributed by atoms with E-state index >= 15 is 0 Å². The quantitative estimate of drug-likeness (QED) is 0.874. The number of anilines is 1. The summed E-state index contributed by atoms with van der Waals surface area (Å²) in [6, 6.07) is 8.45. The Morgan fingerprint density at radius 3 is 2.59 bits per heavy atom. The molecule has 2 rings (SSSR count). The normalized spacial score (nSPS) is 10.2. The van der Waals surface area contributed by atoms with Crippen molar-refractivity contribution in [1.29, 1.82) is 0 Å². The first kappa shape index (κ1) is 16.0. The number of benzene rings is 2. The molecule has 114 valence electrons. The van der Waals surface area contributed by atoms with E-state index < -0.39 is 11.6 Å². The zero-order valence-electron chi connectivity index (χ0n) is 11.9. The van der Waals surface area contributed by atoms with E-state index in [-0.39, 0.29) is 27.7 Å². The van der Waals surface area contributed by atoms with Crippen molar-refractivity contribution in [3.63, 3.8) is 0 Å². The predicted octanol–water partition coefficient (Wildman–Crippen LogP) is 3.68. The van der Waals surface area contributed by atoms with Crippen molar-refractivity contribution in [1.82, 2.24) is 0 Å². The smallest absolute Gasteiger partial charge is 0.221 e. The number of methoxy groups -OCH3 is 1. The van der Waals surface area contributed by atoms with Crippen molar-refractivity contribution in [3.05, 3.63) is 58.4 Å². The third-order valence-corrected chi connectivity index (χ3v) is 3.28. The van der Waals surface area contributed by atoms with Crippen LogP contribution in [-0.2, 0) is 4.79 Å². The van der Waals surface area contributed by atoms with Gasteiger partial charge in [0.1, 0.15) is 11.6 Å². The van der Waals surface area contributed by atoms with Gasteiger partial charge in [0, 0.05) is 6.92 Å². The SMILES string of the molecule is COc1ccc(F)c(C(=O)c2c(Cl)cccc2NC(C)=O)c1. The Kier molecular flexibility index (Phi) is 4.78. The molecule has 0 aliphatic heterocycles. The molecule has 0 saturated heterocycles. The molecular formula is C16H13ClFNO3. The Morgan fingerprint density at radius 1 is 1.23 bits per heavy atom. The van der Waals surface area contributed by atoms with Crippen LogP contribution in [0.2, 0.25) is 5.02 Å². The fraction of sp³-hybridized carbons (Fsp3) is 0.125. The number of carbonyl (C=O) groups is 2. The van der Waals surface area contributed by atoms with E-state index in [1.165, 1.54) is 38.3 Å². The first-order valence-electron chi connectivity index (χ1n) is 6.38. The average Bonchev–Trinajstić information content (AvgIpc) is 2.47. The molecule has 0 spiro atoms. The van der Waals surface area contributed by atoms with Gasteiger partial charge in [-0.3, -0.25) is 9.59 Å². The fourth-order valence-electron chi connectivity index (χ4n) is 1.99. The van der Waals surface area contributed by atoms with Crippen molar-refractivity contribution in [2.75, 3.05) is 12.4 Å². The fourth-order valence-corrected chi connectivity index (χ4v) is 2.25. The van der Waals surface area contributed by atoms with Crippen LogP contribution in [0, 0.1) is 5.82 Å². The lowest BCUT2D eigenvalue weighted by Gasteiger charge is -2.12. The van der Waals surface area contributed by atoms with Crippen molar-refractivity contribution >= 4 is 29.0 Å². The first-order chi connectivity index (χ1) is 10.4. The summed E-state index contributed by atoms with van der Waals surface area (Å²) in [6.45, 7) is 1.31. The molecule has 0 aliphatic rings. The number of hydrogen-bond donors (Lipinski definition) is 1. The van der Waals surface area contributed by atoms with Gasteiger partial charge in [-0.15, -0.1) is 0 Å². The standard InChI is InChI=1S/C16H13ClFNO3/c1-9(20)19-14-5-3-4-12(17)15(14)16(21)11-8-10(22-2)6-7-13(11)18/h3-8H,1-2H3,(H,19,20). The molecule has 0 atom stereocenters. The number of rotatable bonds is 4. The van der Waals surface area contributed by atoms with Crippen LogP contribution < -0.4 is 10.1 Å². The summed E-state index contributed by atoms with van der Waals surface area (Å²) in [4.78, 5) is 23.9. The highest BCUT2D eigenvalue weighted by Crippen LogP contribution is 2.29. The molecular weight excluding hydrogens is 309 g/mol. The highest BCUT2D eigenvalue weighted by Gasteiger charge is 2.21. The highest BCUT2D eigenvalue weighted by atomic mass is 35.5. The van der Waals surface area contributed by atoms with Crippen molar-refractivity contribution in [2.45, 2.75) is 6.92 Å². The molecule has 22 heavy (non-hydrogen) atoms. The van der Waals surface area contributed by atoms with E-state index in [0.29, 0.717) is 5.75 Å². The molecule has 0 bridgehead atoms. The summed E-state index contributed by atoms with van der Waals surface area (Å²) >= 11 is 6.06. The molecule has 0 unspecified atom stereocenters. The maximum absolute atomic E-state index is 14.0. The minimum Gasteiger partial charge on any atom is -0.497 e. The Labute approximate surface area is 131 Å². The largest absolute Gasteiger partial charge is 0.497 e. The van der Waals surface area contributed by atoms with E-state index in [0.717, 1.165) is 6.07 Å². The summed E-state index contributed by atoms with van der Waals surface area (Å²) in [6.07, 6.45) is 0. The average molecular weight is 322 g/mol. The van der Waals surface area contributed by atoms with E-state index in [9.17, 15) is 14.0 Å². The van der Waals surface area contributed by atoms with Gasteiger partial charge in [0.25, 0.3) is 0 Å². The summed E-state index contributed by atoms with van der Waals surface area (Å²) < 4.78 is 19.0. The van der Waals surface area contributed by atoms with Crippen LogP contribution in [0.3, 0.4) is 0 Å². The Morgan fingerprint density at radius 2 is 1.95 bits per heavy atom. The van der Waals surface area contributed by atoms with Crippen molar-refractivity contribution in [2.24, 2.45) is 0 Å². The topological polar surface area (TPSA) is 55.4 Å². The summed E-state index contributed by atoms with van der Waals surface area (Å²) in [7, 11) is 1.42. The van der Waals surface area contributed by atoms with Gasteiger partial charge >= 0.3 is 0 Å². The van der Waals surface area contributed by atoms with Crippen LogP contribution in [0.15, 0.2) is 36.4 Å². The molecule has 0 aliphatic carbocycles. The van der Waals surface area contributed by atoms with Gasteiger partial charge in [0.15, 0.2) is 5.78 Å². The van der Waals surface area contributed by atoms with Gasteiger partial charge in [-0.05, 0) is 30.3 Å². The molecule has 1 N–H and O–H groups in total. The number of ketones is 1. The lowest BCUT2D eigenvalue weighted by molar-refractivity contribution is -0.114. The van der Waals surface area contributed by atoms with E-state index in [2.05, 4.69) is 5.32 Å². The Balaban J connectivity index is 2.56. The molecule has 2 aromatic carbocycles. The molecule has 0 aromatic heterocycles. The van der Waals surface area contributed by atoms with Crippen LogP contribution in [-0.4, -0.2) is 18.8 Å². The minimum atomic E-state index is -0.695. The second-order valence-electron chi connectivity index (χ2n) is 4.52. The van der Waals surface area contributed by atoms with Crippen molar-refractivity contribution < 1.29 is 18.7 Å². The minimum absolute atomic E-state index is 0.0338. The number of ether oxygens (including phenoxy) is 1. The third-order valence-electron chi connectivity index (χ3n) is 2.97. The Bertz CT molecular complexity index is 746. The second kappa shape index (κ2) is 6.58. The van der Waals surface area contributed by atoms with E-state index in [4.69, 9.17) is 16.3 Å². The van der Waals surface area contributed by atoms with Crippen LogP contribution in [0.5, 0.6) is 5.75 Å². The maximum Gasteiger partial charge on any atom is 0.221 e. The predicted molar refractivity (Wildman–Crippen MR) is 82.1 cm³/mol. The molecule has 1 amide bonds. The van der Waals surface area contributed by atoms with Gasteiger partial charge in [0.2, 0.25) is 5.91 Å². The molecule has 2 aromatic rings. The number of halogens is 2. The molecule has 4 nitrogen and oxygen atoms in total. The molecule has 0 radical (unpaired) electrons. The number of nitrogens with one attached hydrogen (secondary N) is 1. The number of carbonyl (C=O) groups excluding carboxylic acids is 2. The molecule has 0 heterocycles. The van der Waals surface area contributed by atoms with Gasteiger partial charge < -0.3 is 10.1 Å². The number of hydrogen-bond acceptors (Lipinski definition) is 3.